The summed E-state index contributed by atoms with van der Waals surface area (Å²) in [6, 6.07) is 30.2. The van der Waals surface area contributed by atoms with Crippen molar-refractivity contribution in [2.24, 2.45) is 0 Å². The largest absolute Gasteiger partial charge is 0.352 e. The molecular weight excluding hydrogens is 594 g/mol. The summed E-state index contributed by atoms with van der Waals surface area (Å²) < 4.78 is 3.29. The number of amides is 1. The molecule has 3 aromatic carbocycles. The number of rotatable bonds is 7. The standard InChI is InChI=1S/C33H30BrN5OS/c1-21-19-27(22(2)39(21)25-12-8-11-24(34)20-25)32-31(29-14-5-6-17-35-29)37-33(41)38(32)18-16-30(40)36-28-15-7-10-23-9-3-4-13-26(23)28/h3-15,17,19-20,31-32H,16,18H2,1-2H3,(H,36,40)(H,37,41). The quantitative estimate of drug-likeness (QED) is 0.185. The van der Waals surface area contributed by atoms with E-state index in [0.717, 1.165) is 49.3 Å². The summed E-state index contributed by atoms with van der Waals surface area (Å²) in [5, 5.41) is 9.38. The predicted octanol–water partition coefficient (Wildman–Crippen LogP) is 7.41. The van der Waals surface area contributed by atoms with E-state index in [-0.39, 0.29) is 18.0 Å². The van der Waals surface area contributed by atoms with E-state index in [4.69, 9.17) is 12.2 Å². The van der Waals surface area contributed by atoms with Gasteiger partial charge in [-0.15, -0.1) is 0 Å². The maximum absolute atomic E-state index is 13.2. The van der Waals surface area contributed by atoms with E-state index < -0.39 is 0 Å². The summed E-state index contributed by atoms with van der Waals surface area (Å²) >= 11 is 9.49. The van der Waals surface area contributed by atoms with Gasteiger partial charge < -0.3 is 20.1 Å². The highest BCUT2D eigenvalue weighted by Gasteiger charge is 2.41. The van der Waals surface area contributed by atoms with Crippen molar-refractivity contribution in [3.05, 3.63) is 124 Å². The number of thiocarbonyl (C=S) groups is 1. The van der Waals surface area contributed by atoms with E-state index in [2.05, 4.69) is 73.1 Å². The monoisotopic (exact) mass is 623 g/mol. The van der Waals surface area contributed by atoms with Crippen LogP contribution >= 0.6 is 28.1 Å². The zero-order valence-corrected chi connectivity index (χ0v) is 25.2. The zero-order valence-electron chi connectivity index (χ0n) is 22.8. The SMILES string of the molecule is Cc1cc(C2C(c3ccccn3)NC(=S)N2CCC(=O)Nc2cccc3ccccc23)c(C)n1-c1cccc(Br)c1. The van der Waals surface area contributed by atoms with Crippen LogP contribution in [-0.4, -0.2) is 32.0 Å². The number of benzene rings is 3. The van der Waals surface area contributed by atoms with Crippen LogP contribution in [0.15, 0.2) is 102 Å². The van der Waals surface area contributed by atoms with Gasteiger partial charge in [0.05, 0.1) is 17.8 Å². The molecule has 41 heavy (non-hydrogen) atoms. The molecule has 1 aliphatic heterocycles. The fraction of sp³-hybridized carbons (Fsp3) is 0.182. The second-order valence-electron chi connectivity index (χ2n) is 10.3. The van der Waals surface area contributed by atoms with Crippen LogP contribution in [0.2, 0.25) is 0 Å². The van der Waals surface area contributed by atoms with Gasteiger partial charge in [-0.25, -0.2) is 0 Å². The maximum Gasteiger partial charge on any atom is 0.226 e. The molecule has 0 aliphatic carbocycles. The van der Waals surface area contributed by atoms with Crippen LogP contribution in [0, 0.1) is 13.8 Å². The molecule has 0 spiro atoms. The second kappa shape index (κ2) is 11.5. The molecule has 206 valence electrons. The molecule has 8 heteroatoms. The fourth-order valence-corrected chi connectivity index (χ4v) is 6.57. The average molecular weight is 625 g/mol. The molecular formula is C33H30BrN5OS. The Hall–Kier alpha value is -4.01. The number of aryl methyl sites for hydroxylation is 1. The van der Waals surface area contributed by atoms with E-state index in [0.29, 0.717) is 18.1 Å². The first-order valence-electron chi connectivity index (χ1n) is 13.6. The van der Waals surface area contributed by atoms with E-state index >= 15 is 0 Å². The molecule has 2 aromatic heterocycles. The Morgan fingerprint density at radius 1 is 1.00 bits per heavy atom. The third-order valence-electron chi connectivity index (χ3n) is 7.70. The summed E-state index contributed by atoms with van der Waals surface area (Å²) in [7, 11) is 0. The van der Waals surface area contributed by atoms with Crippen molar-refractivity contribution in [2.45, 2.75) is 32.4 Å². The lowest BCUT2D eigenvalue weighted by Gasteiger charge is -2.28. The molecule has 5 aromatic rings. The van der Waals surface area contributed by atoms with Crippen molar-refractivity contribution in [3.63, 3.8) is 0 Å². The van der Waals surface area contributed by atoms with Gasteiger partial charge in [-0.3, -0.25) is 9.78 Å². The van der Waals surface area contributed by atoms with Crippen molar-refractivity contribution >= 4 is 55.6 Å². The van der Waals surface area contributed by atoms with E-state index in [1.807, 2.05) is 79.0 Å². The highest BCUT2D eigenvalue weighted by Crippen LogP contribution is 2.41. The molecule has 3 heterocycles. The fourth-order valence-electron chi connectivity index (χ4n) is 5.85. The van der Waals surface area contributed by atoms with Crippen LogP contribution in [0.25, 0.3) is 16.5 Å². The summed E-state index contributed by atoms with van der Waals surface area (Å²) in [4.78, 5) is 20.1. The van der Waals surface area contributed by atoms with E-state index in [9.17, 15) is 4.79 Å². The van der Waals surface area contributed by atoms with Crippen LogP contribution in [0.5, 0.6) is 0 Å². The van der Waals surface area contributed by atoms with E-state index in [1.54, 1.807) is 0 Å². The lowest BCUT2D eigenvalue weighted by molar-refractivity contribution is -0.116. The van der Waals surface area contributed by atoms with Crippen LogP contribution in [0.3, 0.4) is 0 Å². The first-order chi connectivity index (χ1) is 19.9. The number of halogens is 1. The van der Waals surface area contributed by atoms with Crippen molar-refractivity contribution in [1.29, 1.82) is 0 Å². The van der Waals surface area contributed by atoms with Gasteiger partial charge in [-0.1, -0.05) is 64.5 Å². The van der Waals surface area contributed by atoms with Crippen LogP contribution in [0.4, 0.5) is 5.69 Å². The Morgan fingerprint density at radius 3 is 2.59 bits per heavy atom. The normalized spacial score (nSPS) is 16.7. The number of anilines is 1. The Morgan fingerprint density at radius 2 is 1.78 bits per heavy atom. The first-order valence-corrected chi connectivity index (χ1v) is 14.8. The molecule has 1 aliphatic rings. The van der Waals surface area contributed by atoms with Gasteiger partial charge >= 0.3 is 0 Å². The maximum atomic E-state index is 13.2. The van der Waals surface area contributed by atoms with Gasteiger partial charge in [-0.05, 0) is 79.5 Å². The average Bonchev–Trinajstić information content (AvgIpc) is 3.46. The highest BCUT2D eigenvalue weighted by atomic mass is 79.9. The number of hydrogen-bond donors (Lipinski definition) is 2. The Labute approximate surface area is 253 Å². The number of carbonyl (C=O) groups excluding carboxylic acids is 1. The smallest absolute Gasteiger partial charge is 0.226 e. The Balaban J connectivity index is 1.31. The van der Waals surface area contributed by atoms with Crippen LogP contribution < -0.4 is 10.6 Å². The topological polar surface area (TPSA) is 62.2 Å². The number of nitrogens with one attached hydrogen (secondary N) is 2. The zero-order chi connectivity index (χ0) is 28.5. The number of hydrogen-bond acceptors (Lipinski definition) is 3. The van der Waals surface area contributed by atoms with Gasteiger partial charge in [0.2, 0.25) is 5.91 Å². The van der Waals surface area contributed by atoms with Gasteiger partial charge in [0, 0.05) is 51.8 Å². The molecule has 1 saturated heterocycles. The number of pyridine rings is 1. The molecule has 0 radical (unpaired) electrons. The van der Waals surface area contributed by atoms with Crippen molar-refractivity contribution in [1.82, 2.24) is 19.8 Å². The third kappa shape index (κ3) is 5.37. The molecule has 6 rings (SSSR count). The Bertz CT molecular complexity index is 1750. The number of aromatic nitrogens is 2. The van der Waals surface area contributed by atoms with Crippen molar-refractivity contribution < 1.29 is 4.79 Å². The molecule has 1 fully saturated rings. The molecule has 1 amide bonds. The highest BCUT2D eigenvalue weighted by molar-refractivity contribution is 9.10. The Kier molecular flexibility index (Phi) is 7.60. The van der Waals surface area contributed by atoms with Gasteiger partial charge in [-0.2, -0.15) is 0 Å². The van der Waals surface area contributed by atoms with Crippen LogP contribution in [0.1, 0.15) is 41.1 Å². The number of fused-ring (bicyclic) bond motifs is 1. The summed E-state index contributed by atoms with van der Waals surface area (Å²) in [5.41, 5.74) is 6.22. The minimum atomic E-state index is -0.152. The lowest BCUT2D eigenvalue weighted by atomic mass is 9.96. The predicted molar refractivity (Wildman–Crippen MR) is 172 cm³/mol. The van der Waals surface area contributed by atoms with E-state index in [1.165, 1.54) is 0 Å². The van der Waals surface area contributed by atoms with Crippen molar-refractivity contribution in [2.75, 3.05) is 11.9 Å². The molecule has 0 bridgehead atoms. The van der Waals surface area contributed by atoms with Gasteiger partial charge in [0.1, 0.15) is 0 Å². The van der Waals surface area contributed by atoms with Gasteiger partial charge in [0.25, 0.3) is 0 Å². The summed E-state index contributed by atoms with van der Waals surface area (Å²) in [6.07, 6.45) is 2.10. The van der Waals surface area contributed by atoms with Gasteiger partial charge in [0.15, 0.2) is 5.11 Å². The summed E-state index contributed by atoms with van der Waals surface area (Å²) in [5.74, 6) is -0.0520. The second-order valence-corrected chi connectivity index (χ2v) is 11.6. The third-order valence-corrected chi connectivity index (χ3v) is 8.54. The number of nitrogens with zero attached hydrogens (tertiary/aromatic N) is 3. The number of carbonyl (C=O) groups is 1. The minimum absolute atomic E-state index is 0.0520. The molecule has 2 unspecified atom stereocenters. The first kappa shape index (κ1) is 27.2. The van der Waals surface area contributed by atoms with Crippen LogP contribution in [-0.2, 0) is 4.79 Å². The summed E-state index contributed by atoms with van der Waals surface area (Å²) in [6.45, 7) is 4.73. The molecule has 0 saturated carbocycles. The minimum Gasteiger partial charge on any atom is -0.352 e. The van der Waals surface area contributed by atoms with Crippen molar-refractivity contribution in [3.8, 4) is 5.69 Å². The lowest BCUT2D eigenvalue weighted by Crippen LogP contribution is -2.33. The molecule has 2 N–H and O–H groups in total. The molecule has 6 nitrogen and oxygen atoms in total. The molecule has 2 atom stereocenters.